The molecule has 154 valence electrons. The van der Waals surface area contributed by atoms with Gasteiger partial charge in [0.05, 0.1) is 10.6 Å². The maximum absolute atomic E-state index is 13.7. The lowest BCUT2D eigenvalue weighted by Crippen LogP contribution is -2.18. The van der Waals surface area contributed by atoms with Gasteiger partial charge >= 0.3 is 0 Å². The van der Waals surface area contributed by atoms with Crippen molar-refractivity contribution < 1.29 is 8.42 Å². The Bertz CT molecular complexity index is 1020. The van der Waals surface area contributed by atoms with Crippen molar-refractivity contribution in [2.24, 2.45) is 0 Å². The molecule has 29 heavy (non-hydrogen) atoms. The molecule has 1 heterocycles. The van der Waals surface area contributed by atoms with Crippen LogP contribution in [0.4, 0.5) is 0 Å². The van der Waals surface area contributed by atoms with E-state index in [1.807, 2.05) is 36.4 Å². The van der Waals surface area contributed by atoms with E-state index in [-0.39, 0.29) is 5.92 Å². The maximum atomic E-state index is 13.7. The number of rotatable bonds is 9. The van der Waals surface area contributed by atoms with Crippen LogP contribution < -0.4 is 0 Å². The summed E-state index contributed by atoms with van der Waals surface area (Å²) in [6, 6.07) is 20.8. The predicted molar refractivity (Wildman–Crippen MR) is 121 cm³/mol. The highest BCUT2D eigenvalue weighted by Crippen LogP contribution is 2.35. The fraction of sp³-hybridized carbons (Fsp3) is 0.360. The molecule has 3 rings (SSSR count). The Morgan fingerprint density at radius 2 is 1.48 bits per heavy atom. The number of benzene rings is 2. The molecule has 0 radical (unpaired) electrons. The molecule has 0 aliphatic rings. The molecule has 3 aromatic rings. The summed E-state index contributed by atoms with van der Waals surface area (Å²) < 4.78 is 29.0. The zero-order valence-electron chi connectivity index (χ0n) is 17.6. The smallest absolute Gasteiger partial charge is 0.237 e. The first kappa shape index (κ1) is 21.4. The maximum Gasteiger partial charge on any atom is 0.268 e. The van der Waals surface area contributed by atoms with Crippen LogP contribution in [0.15, 0.2) is 71.6 Å². The van der Waals surface area contributed by atoms with Crippen molar-refractivity contribution in [1.82, 2.24) is 3.97 Å². The Balaban J connectivity index is 2.21. The number of hydrogen-bond donors (Lipinski definition) is 0. The zero-order valence-corrected chi connectivity index (χ0v) is 18.5. The first-order valence-corrected chi connectivity index (χ1v) is 12.0. The molecule has 0 amide bonds. The van der Waals surface area contributed by atoms with Gasteiger partial charge in [-0.1, -0.05) is 88.6 Å². The Hall–Kier alpha value is -2.33. The second-order valence-corrected chi connectivity index (χ2v) is 9.64. The first-order valence-electron chi connectivity index (χ1n) is 10.6. The molecular formula is C25H31NO2S. The van der Waals surface area contributed by atoms with Crippen LogP contribution in [0.3, 0.4) is 0 Å². The molecule has 0 aliphatic heterocycles. The second kappa shape index (κ2) is 9.45. The van der Waals surface area contributed by atoms with Gasteiger partial charge in [-0.3, -0.25) is 0 Å². The minimum absolute atomic E-state index is 0.0975. The molecule has 3 nitrogen and oxygen atoms in total. The van der Waals surface area contributed by atoms with Crippen LogP contribution in [0.2, 0.25) is 0 Å². The van der Waals surface area contributed by atoms with E-state index in [1.54, 1.807) is 28.2 Å². The third kappa shape index (κ3) is 4.64. The number of hydrogen-bond acceptors (Lipinski definition) is 2. The molecule has 4 heteroatoms. The Kier molecular flexibility index (Phi) is 6.96. The van der Waals surface area contributed by atoms with E-state index in [0.29, 0.717) is 4.90 Å². The highest BCUT2D eigenvalue weighted by Gasteiger charge is 2.28. The monoisotopic (exact) mass is 409 g/mol. The Morgan fingerprint density at radius 3 is 2.07 bits per heavy atom. The largest absolute Gasteiger partial charge is 0.268 e. The van der Waals surface area contributed by atoms with Crippen molar-refractivity contribution in [2.45, 2.75) is 63.7 Å². The van der Waals surface area contributed by atoms with Gasteiger partial charge in [0.25, 0.3) is 10.0 Å². The fourth-order valence-corrected chi connectivity index (χ4v) is 5.47. The molecule has 0 spiro atoms. The van der Waals surface area contributed by atoms with Crippen LogP contribution in [-0.4, -0.2) is 12.4 Å². The Labute approximate surface area is 175 Å². The molecule has 0 aliphatic carbocycles. The average Bonchev–Trinajstić information content (AvgIpc) is 3.13. The molecule has 0 unspecified atom stereocenters. The van der Waals surface area contributed by atoms with Gasteiger partial charge in [-0.25, -0.2) is 12.4 Å². The zero-order chi connectivity index (χ0) is 20.9. The number of nitrogens with zero attached hydrogens (tertiary/aromatic N) is 1. The standard InChI is InChI=1S/C25H31NO2S/c1-4-5-6-9-16-22-19-24(20(2)3)26(25(22)21-14-10-7-11-15-21)29(27,28)23-17-12-8-13-18-23/h7-8,10-15,17-20H,4-6,9,16H2,1-3H3. The van der Waals surface area contributed by atoms with E-state index in [4.69, 9.17) is 0 Å². The van der Waals surface area contributed by atoms with Crippen LogP contribution in [-0.2, 0) is 16.4 Å². The minimum atomic E-state index is -3.69. The summed E-state index contributed by atoms with van der Waals surface area (Å²) in [6.45, 7) is 6.32. The van der Waals surface area contributed by atoms with Gasteiger partial charge < -0.3 is 0 Å². The van der Waals surface area contributed by atoms with Gasteiger partial charge in [0.15, 0.2) is 0 Å². The molecular weight excluding hydrogens is 378 g/mol. The van der Waals surface area contributed by atoms with Gasteiger partial charge in [-0.05, 0) is 48.1 Å². The summed E-state index contributed by atoms with van der Waals surface area (Å²) in [6.07, 6.45) is 5.52. The van der Waals surface area contributed by atoms with E-state index < -0.39 is 10.0 Å². The highest BCUT2D eigenvalue weighted by molar-refractivity contribution is 7.90. The van der Waals surface area contributed by atoms with E-state index in [1.165, 1.54) is 19.3 Å². The van der Waals surface area contributed by atoms with Gasteiger partial charge in [0.2, 0.25) is 0 Å². The van der Waals surface area contributed by atoms with E-state index in [0.717, 1.165) is 35.4 Å². The van der Waals surface area contributed by atoms with Crippen molar-refractivity contribution in [2.75, 3.05) is 0 Å². The van der Waals surface area contributed by atoms with E-state index in [9.17, 15) is 8.42 Å². The summed E-state index contributed by atoms with van der Waals surface area (Å²) in [5.41, 5.74) is 3.73. The highest BCUT2D eigenvalue weighted by atomic mass is 32.2. The Morgan fingerprint density at radius 1 is 0.862 bits per heavy atom. The lowest BCUT2D eigenvalue weighted by atomic mass is 10.0. The van der Waals surface area contributed by atoms with Crippen LogP contribution in [0, 0.1) is 0 Å². The molecule has 0 N–H and O–H groups in total. The molecule has 0 bridgehead atoms. The fourth-order valence-electron chi connectivity index (χ4n) is 3.75. The predicted octanol–water partition coefficient (Wildman–Crippen LogP) is 6.64. The van der Waals surface area contributed by atoms with Gasteiger partial charge in [0, 0.05) is 5.69 Å². The topological polar surface area (TPSA) is 39.1 Å². The lowest BCUT2D eigenvalue weighted by Gasteiger charge is -2.17. The third-order valence-corrected chi connectivity index (χ3v) is 7.03. The van der Waals surface area contributed by atoms with Gasteiger partial charge in [-0.2, -0.15) is 0 Å². The first-order chi connectivity index (χ1) is 14.0. The molecule has 0 saturated carbocycles. The second-order valence-electron chi connectivity index (χ2n) is 7.86. The summed E-state index contributed by atoms with van der Waals surface area (Å²) in [5, 5.41) is 0. The van der Waals surface area contributed by atoms with Crippen molar-refractivity contribution in [3.05, 3.63) is 78.0 Å². The summed E-state index contributed by atoms with van der Waals surface area (Å²) in [5.74, 6) is 0.0975. The molecule has 2 aromatic carbocycles. The summed E-state index contributed by atoms with van der Waals surface area (Å²) in [7, 11) is -3.69. The molecule has 1 aromatic heterocycles. The van der Waals surface area contributed by atoms with Crippen molar-refractivity contribution in [3.8, 4) is 11.3 Å². The SMILES string of the molecule is CCCCCCc1cc(C(C)C)n(S(=O)(=O)c2ccccc2)c1-c1ccccc1. The van der Waals surface area contributed by atoms with E-state index >= 15 is 0 Å². The third-order valence-electron chi connectivity index (χ3n) is 5.28. The lowest BCUT2D eigenvalue weighted by molar-refractivity contribution is 0.583. The van der Waals surface area contributed by atoms with Crippen molar-refractivity contribution >= 4 is 10.0 Å². The van der Waals surface area contributed by atoms with Crippen LogP contribution in [0.5, 0.6) is 0 Å². The number of aromatic nitrogens is 1. The van der Waals surface area contributed by atoms with Crippen LogP contribution >= 0.6 is 0 Å². The molecule has 0 saturated heterocycles. The van der Waals surface area contributed by atoms with Crippen LogP contribution in [0.1, 0.15) is 63.6 Å². The van der Waals surface area contributed by atoms with Gasteiger partial charge in [-0.15, -0.1) is 0 Å². The average molecular weight is 410 g/mol. The summed E-state index contributed by atoms with van der Waals surface area (Å²) >= 11 is 0. The van der Waals surface area contributed by atoms with Gasteiger partial charge in [0.1, 0.15) is 0 Å². The number of aryl methyl sites for hydroxylation is 1. The van der Waals surface area contributed by atoms with Crippen molar-refractivity contribution in [1.29, 1.82) is 0 Å². The number of unbranched alkanes of at least 4 members (excludes halogenated alkanes) is 3. The molecule has 0 atom stereocenters. The van der Waals surface area contributed by atoms with E-state index in [2.05, 4.69) is 26.8 Å². The van der Waals surface area contributed by atoms with Crippen molar-refractivity contribution in [3.63, 3.8) is 0 Å². The minimum Gasteiger partial charge on any atom is -0.237 e. The molecule has 0 fully saturated rings. The van der Waals surface area contributed by atoms with Crippen LogP contribution in [0.25, 0.3) is 11.3 Å². The normalized spacial score (nSPS) is 11.9. The summed E-state index contributed by atoms with van der Waals surface area (Å²) in [4.78, 5) is 0.326. The quantitative estimate of drug-likeness (QED) is 0.372.